The van der Waals surface area contributed by atoms with E-state index in [1.54, 1.807) is 0 Å². The van der Waals surface area contributed by atoms with E-state index < -0.39 is 5.97 Å². The first-order chi connectivity index (χ1) is 23.0. The maximum absolute atomic E-state index is 11.2. The molecule has 1 N–H and O–H groups in total. The van der Waals surface area contributed by atoms with E-state index in [4.69, 9.17) is 28.4 Å². The van der Waals surface area contributed by atoms with Crippen molar-refractivity contribution < 1.29 is 38.3 Å². The Bertz CT molecular complexity index is 1110. The summed E-state index contributed by atoms with van der Waals surface area (Å²) in [7, 11) is 0. The van der Waals surface area contributed by atoms with Crippen molar-refractivity contribution in [1.29, 1.82) is 0 Å². The average molecular weight is 655 g/mol. The fourth-order valence-corrected chi connectivity index (χ4v) is 7.71. The largest absolute Gasteiger partial charge is 0.480 e. The van der Waals surface area contributed by atoms with Gasteiger partial charge in [-0.1, -0.05) is 80.8 Å². The van der Waals surface area contributed by atoms with Crippen molar-refractivity contribution in [1.82, 2.24) is 0 Å². The quantitative estimate of drug-likeness (QED) is 0.152. The molecule has 0 aromatic heterocycles. The highest BCUT2D eigenvalue weighted by atomic mass is 16.7. The highest BCUT2D eigenvalue weighted by Gasteiger charge is 2.46. The number of aliphatic carboxylic acids is 1. The predicted molar refractivity (Wildman–Crippen MR) is 181 cm³/mol. The molecule has 8 heteroatoms. The van der Waals surface area contributed by atoms with E-state index in [0.717, 1.165) is 76.6 Å². The third-order valence-corrected chi connectivity index (χ3v) is 10.4. The summed E-state index contributed by atoms with van der Waals surface area (Å²) in [6.45, 7) is 7.11. The summed E-state index contributed by atoms with van der Waals surface area (Å²) >= 11 is 0. The number of ether oxygens (including phenoxy) is 6. The van der Waals surface area contributed by atoms with Crippen LogP contribution in [0.25, 0.3) is 0 Å². The van der Waals surface area contributed by atoms with Crippen molar-refractivity contribution >= 4 is 5.97 Å². The lowest BCUT2D eigenvalue weighted by molar-refractivity contribution is -0.193. The Labute approximate surface area is 282 Å². The van der Waals surface area contributed by atoms with Crippen LogP contribution in [0.4, 0.5) is 0 Å². The molecule has 2 aliphatic carbocycles. The first-order valence-corrected chi connectivity index (χ1v) is 18.3. The van der Waals surface area contributed by atoms with E-state index in [1.165, 1.54) is 18.4 Å². The van der Waals surface area contributed by atoms with E-state index >= 15 is 0 Å². The number of rotatable bonds is 19. The van der Waals surface area contributed by atoms with Crippen LogP contribution in [-0.4, -0.2) is 68.9 Å². The molecular weight excluding hydrogens is 596 g/mol. The molecule has 4 unspecified atom stereocenters. The number of fused-ring (bicyclic) bond motifs is 1. The minimum absolute atomic E-state index is 0.00272. The number of hydrogen-bond donors (Lipinski definition) is 1. The average Bonchev–Trinajstić information content (AvgIpc) is 3.64. The van der Waals surface area contributed by atoms with Crippen LogP contribution in [0, 0.1) is 29.6 Å². The van der Waals surface area contributed by atoms with Gasteiger partial charge in [0.1, 0.15) is 6.61 Å². The molecule has 0 radical (unpaired) electrons. The molecule has 47 heavy (non-hydrogen) atoms. The highest BCUT2D eigenvalue weighted by molar-refractivity contribution is 5.68. The molecular formula is C39H58O8. The molecule has 4 aliphatic rings. The Morgan fingerprint density at radius 3 is 2.47 bits per heavy atom. The second-order valence-corrected chi connectivity index (χ2v) is 14.1. The van der Waals surface area contributed by atoms with Crippen LogP contribution in [-0.2, 0) is 39.8 Å². The molecule has 5 rings (SSSR count). The van der Waals surface area contributed by atoms with Gasteiger partial charge in [-0.15, -0.1) is 0 Å². The van der Waals surface area contributed by atoms with E-state index in [0.29, 0.717) is 37.6 Å². The number of unbranched alkanes of at least 4 members (excludes halogenated alkanes) is 1. The summed E-state index contributed by atoms with van der Waals surface area (Å²) in [4.78, 5) is 11.2. The van der Waals surface area contributed by atoms with Crippen molar-refractivity contribution in [2.75, 3.05) is 33.0 Å². The second-order valence-electron chi connectivity index (χ2n) is 14.1. The fraction of sp³-hybridized carbons (Fsp3) is 0.718. The number of hydrogen-bond acceptors (Lipinski definition) is 7. The summed E-state index contributed by atoms with van der Waals surface area (Å²) < 4.78 is 37.2. The first-order valence-electron chi connectivity index (χ1n) is 18.3. The minimum atomic E-state index is -0.954. The van der Waals surface area contributed by atoms with Gasteiger partial charge in [0.05, 0.1) is 32.0 Å². The number of carboxylic acid groups (broad SMARTS) is 1. The lowest BCUT2D eigenvalue weighted by Gasteiger charge is -2.31. The van der Waals surface area contributed by atoms with Crippen LogP contribution in [0.1, 0.15) is 90.0 Å². The van der Waals surface area contributed by atoms with Gasteiger partial charge in [0.25, 0.3) is 0 Å². The lowest BCUT2D eigenvalue weighted by atomic mass is 9.90. The summed E-state index contributed by atoms with van der Waals surface area (Å²) in [6.07, 6.45) is 18.7. The van der Waals surface area contributed by atoms with Crippen LogP contribution < -0.4 is 0 Å². The number of allylic oxidation sites excluding steroid dienone is 1. The van der Waals surface area contributed by atoms with Gasteiger partial charge in [-0.3, -0.25) is 0 Å². The second kappa shape index (κ2) is 19.2. The molecule has 1 saturated carbocycles. The monoisotopic (exact) mass is 654 g/mol. The maximum atomic E-state index is 11.2. The third-order valence-electron chi connectivity index (χ3n) is 10.4. The molecule has 2 aliphatic heterocycles. The molecule has 8 nitrogen and oxygen atoms in total. The zero-order valence-electron chi connectivity index (χ0n) is 28.6. The standard InChI is InChI=1S/C39H58O8/c1-3-4-12-28(2)35(46-38-15-8-10-19-44-38)18-17-33-34-22-30(21-31(34)23-36(33)47-39-16-9-11-20-45-39)32(26-43-27-37(40)41)25-42-24-29-13-6-5-7-14-29/h5-7,13-14,17-18,22,28,31-36,38-39H,3-4,8-12,15-16,19-21,23-27H2,1-2H3,(H,40,41)/b18-17+/t28?,31-,32?,33+,34-,35+,36+,38?,39?/m0/s1. The molecule has 1 aromatic carbocycles. The zero-order chi connectivity index (χ0) is 32.8. The number of carbonyl (C=O) groups is 1. The van der Waals surface area contributed by atoms with Gasteiger partial charge < -0.3 is 33.5 Å². The van der Waals surface area contributed by atoms with E-state index in [1.807, 2.05) is 18.2 Å². The van der Waals surface area contributed by atoms with Crippen molar-refractivity contribution in [3.05, 3.63) is 59.7 Å². The molecule has 0 spiro atoms. The summed E-state index contributed by atoms with van der Waals surface area (Å²) in [5, 5.41) is 9.22. The van der Waals surface area contributed by atoms with Crippen LogP contribution in [0.5, 0.6) is 0 Å². The van der Waals surface area contributed by atoms with Gasteiger partial charge >= 0.3 is 5.97 Å². The van der Waals surface area contributed by atoms with Crippen molar-refractivity contribution in [3.8, 4) is 0 Å². The van der Waals surface area contributed by atoms with Gasteiger partial charge in [-0.2, -0.15) is 0 Å². The minimum Gasteiger partial charge on any atom is -0.480 e. The third kappa shape index (κ3) is 11.2. The lowest BCUT2D eigenvalue weighted by Crippen LogP contribution is -2.32. The molecule has 2 heterocycles. The number of benzene rings is 1. The fourth-order valence-electron chi connectivity index (χ4n) is 7.71. The Morgan fingerprint density at radius 1 is 1.02 bits per heavy atom. The van der Waals surface area contributed by atoms with Gasteiger partial charge in [-0.25, -0.2) is 4.79 Å². The maximum Gasteiger partial charge on any atom is 0.329 e. The van der Waals surface area contributed by atoms with Crippen molar-refractivity contribution in [2.45, 2.75) is 116 Å². The van der Waals surface area contributed by atoms with Crippen molar-refractivity contribution in [2.24, 2.45) is 29.6 Å². The van der Waals surface area contributed by atoms with Crippen LogP contribution >= 0.6 is 0 Å². The molecule has 0 bridgehead atoms. The van der Waals surface area contributed by atoms with Crippen LogP contribution in [0.15, 0.2) is 54.1 Å². The van der Waals surface area contributed by atoms with Gasteiger partial charge in [0, 0.05) is 25.0 Å². The van der Waals surface area contributed by atoms with E-state index in [-0.39, 0.29) is 43.2 Å². The molecule has 262 valence electrons. The normalized spacial score (nSPS) is 29.8. The Balaban J connectivity index is 1.33. The van der Waals surface area contributed by atoms with Gasteiger partial charge in [0.15, 0.2) is 12.6 Å². The summed E-state index contributed by atoms with van der Waals surface area (Å²) in [6, 6.07) is 10.1. The molecule has 2 saturated heterocycles. The predicted octanol–water partition coefficient (Wildman–Crippen LogP) is 7.71. The van der Waals surface area contributed by atoms with Crippen LogP contribution in [0.2, 0.25) is 0 Å². The molecule has 1 aromatic rings. The zero-order valence-corrected chi connectivity index (χ0v) is 28.6. The Hall–Kier alpha value is -2.07. The smallest absolute Gasteiger partial charge is 0.329 e. The van der Waals surface area contributed by atoms with E-state index in [2.05, 4.69) is 44.2 Å². The topological polar surface area (TPSA) is 92.7 Å². The SMILES string of the molecule is CCCCC(C)[C@@H](/C=C/[C@@H]1[C@H]2C=C(C(COCC(=O)O)COCc3ccccc3)C[C@H]2C[C@H]1OC1CCCCO1)OC1CCCCO1. The molecule has 3 fully saturated rings. The van der Waals surface area contributed by atoms with Gasteiger partial charge in [0.2, 0.25) is 0 Å². The highest BCUT2D eigenvalue weighted by Crippen LogP contribution is 2.50. The molecule has 9 atom stereocenters. The summed E-state index contributed by atoms with van der Waals surface area (Å²) in [5.74, 6) is 0.409. The molecule has 0 amide bonds. The summed E-state index contributed by atoms with van der Waals surface area (Å²) in [5.41, 5.74) is 2.43. The van der Waals surface area contributed by atoms with E-state index in [9.17, 15) is 9.90 Å². The number of carboxylic acids is 1. The Kier molecular flexibility index (Phi) is 14.8. The van der Waals surface area contributed by atoms with Crippen molar-refractivity contribution in [3.63, 3.8) is 0 Å². The van der Waals surface area contributed by atoms with Gasteiger partial charge in [-0.05, 0) is 81.1 Å². The van der Waals surface area contributed by atoms with Crippen LogP contribution in [0.3, 0.4) is 0 Å². The first kappa shape index (κ1) is 36.2. The Morgan fingerprint density at radius 2 is 1.77 bits per heavy atom.